The van der Waals surface area contributed by atoms with E-state index in [0.29, 0.717) is 24.4 Å². The van der Waals surface area contributed by atoms with Gasteiger partial charge in [-0.3, -0.25) is 14.5 Å². The SMILES string of the molecule is O=C1S/C(=C\c2cc(O)c(O)c(C(F)(F)F)c2)C(=O)N1CC1CCCCC1. The second-order valence-corrected chi connectivity index (χ2v) is 7.72. The van der Waals surface area contributed by atoms with Gasteiger partial charge in [0, 0.05) is 6.54 Å². The first-order valence-corrected chi connectivity index (χ1v) is 9.37. The second kappa shape index (κ2) is 7.46. The zero-order valence-electron chi connectivity index (χ0n) is 14.3. The van der Waals surface area contributed by atoms with Crippen LogP contribution in [-0.2, 0) is 11.0 Å². The highest BCUT2D eigenvalue weighted by atomic mass is 32.2. The number of hydrogen-bond donors (Lipinski definition) is 2. The number of phenols is 2. The number of thioether (sulfide) groups is 1. The number of alkyl halides is 3. The maximum Gasteiger partial charge on any atom is 0.420 e. The monoisotopic (exact) mass is 401 g/mol. The van der Waals surface area contributed by atoms with Crippen molar-refractivity contribution in [3.63, 3.8) is 0 Å². The van der Waals surface area contributed by atoms with Crippen molar-refractivity contribution in [3.8, 4) is 11.5 Å². The Labute approximate surface area is 157 Å². The van der Waals surface area contributed by atoms with Gasteiger partial charge in [0.25, 0.3) is 11.1 Å². The normalized spacial score (nSPS) is 20.7. The van der Waals surface area contributed by atoms with Crippen molar-refractivity contribution >= 4 is 29.0 Å². The Morgan fingerprint density at radius 2 is 1.81 bits per heavy atom. The summed E-state index contributed by atoms with van der Waals surface area (Å²) in [6.07, 6.45) is 1.41. The molecule has 0 atom stereocenters. The van der Waals surface area contributed by atoms with Gasteiger partial charge in [-0.1, -0.05) is 19.3 Å². The van der Waals surface area contributed by atoms with E-state index in [9.17, 15) is 33.0 Å². The minimum absolute atomic E-state index is 0.00553. The summed E-state index contributed by atoms with van der Waals surface area (Å²) in [6.45, 7) is 0.316. The van der Waals surface area contributed by atoms with Crippen molar-refractivity contribution in [2.45, 2.75) is 38.3 Å². The number of imide groups is 1. The molecular weight excluding hydrogens is 383 g/mol. The summed E-state index contributed by atoms with van der Waals surface area (Å²) in [5, 5.41) is 18.5. The summed E-state index contributed by atoms with van der Waals surface area (Å²) in [7, 11) is 0. The Bertz CT molecular complexity index is 801. The molecule has 0 radical (unpaired) electrons. The molecule has 146 valence electrons. The predicted octanol–water partition coefficient (Wildman–Crippen LogP) is 4.73. The first kappa shape index (κ1) is 19.6. The number of aromatic hydroxyl groups is 2. The summed E-state index contributed by atoms with van der Waals surface area (Å²) in [5.41, 5.74) is -1.53. The minimum Gasteiger partial charge on any atom is -0.504 e. The van der Waals surface area contributed by atoms with Crippen LogP contribution >= 0.6 is 11.8 Å². The van der Waals surface area contributed by atoms with E-state index in [1.807, 2.05) is 0 Å². The fraction of sp³-hybridized carbons (Fsp3) is 0.444. The van der Waals surface area contributed by atoms with E-state index in [-0.39, 0.29) is 16.4 Å². The molecule has 1 saturated heterocycles. The molecule has 0 bridgehead atoms. The number of carbonyl (C=O) groups is 2. The number of benzene rings is 1. The van der Waals surface area contributed by atoms with E-state index < -0.39 is 34.4 Å². The molecule has 2 amide bonds. The van der Waals surface area contributed by atoms with E-state index in [4.69, 9.17) is 0 Å². The van der Waals surface area contributed by atoms with Crippen LogP contribution in [0, 0.1) is 5.92 Å². The van der Waals surface area contributed by atoms with E-state index in [1.165, 1.54) is 0 Å². The average molecular weight is 401 g/mol. The highest BCUT2D eigenvalue weighted by Gasteiger charge is 2.38. The van der Waals surface area contributed by atoms with Gasteiger partial charge in [-0.2, -0.15) is 13.2 Å². The molecule has 1 saturated carbocycles. The van der Waals surface area contributed by atoms with Crippen molar-refractivity contribution in [1.29, 1.82) is 0 Å². The van der Waals surface area contributed by atoms with Gasteiger partial charge in [-0.15, -0.1) is 0 Å². The third-order valence-electron chi connectivity index (χ3n) is 4.75. The molecule has 1 aromatic carbocycles. The van der Waals surface area contributed by atoms with Crippen molar-refractivity contribution in [2.24, 2.45) is 5.92 Å². The van der Waals surface area contributed by atoms with Gasteiger partial charge in [0.05, 0.1) is 4.91 Å². The summed E-state index contributed by atoms with van der Waals surface area (Å²) >= 11 is 0.662. The maximum absolute atomic E-state index is 13.0. The number of halogens is 3. The molecule has 2 fully saturated rings. The Hall–Kier alpha value is -2.16. The highest BCUT2D eigenvalue weighted by molar-refractivity contribution is 8.18. The Balaban J connectivity index is 1.84. The fourth-order valence-electron chi connectivity index (χ4n) is 3.38. The average Bonchev–Trinajstić information content (AvgIpc) is 2.85. The molecule has 9 heteroatoms. The Kier molecular flexibility index (Phi) is 5.41. The standard InChI is InChI=1S/C18H18F3NO4S/c19-18(20,21)12-6-11(7-13(23)15(12)24)8-14-16(25)22(17(26)27-14)9-10-4-2-1-3-5-10/h6-8,10,23-24H,1-5,9H2/b14-8-. The van der Waals surface area contributed by atoms with Gasteiger partial charge in [0.2, 0.25) is 0 Å². The Morgan fingerprint density at radius 1 is 1.15 bits per heavy atom. The van der Waals surface area contributed by atoms with Crippen LogP contribution in [0.4, 0.5) is 18.0 Å². The number of phenolic OH excluding ortho intramolecular Hbond substituents is 2. The zero-order chi connectivity index (χ0) is 19.8. The number of hydrogen-bond acceptors (Lipinski definition) is 5. The van der Waals surface area contributed by atoms with E-state index >= 15 is 0 Å². The fourth-order valence-corrected chi connectivity index (χ4v) is 4.23. The van der Waals surface area contributed by atoms with Gasteiger partial charge in [0.15, 0.2) is 11.5 Å². The molecule has 27 heavy (non-hydrogen) atoms. The van der Waals surface area contributed by atoms with Gasteiger partial charge in [-0.25, -0.2) is 0 Å². The van der Waals surface area contributed by atoms with Crippen LogP contribution in [0.1, 0.15) is 43.2 Å². The van der Waals surface area contributed by atoms with Crippen LogP contribution in [0.15, 0.2) is 17.0 Å². The van der Waals surface area contributed by atoms with Crippen LogP contribution in [0.3, 0.4) is 0 Å². The predicted molar refractivity (Wildman–Crippen MR) is 94.0 cm³/mol. The van der Waals surface area contributed by atoms with E-state index in [1.54, 1.807) is 0 Å². The largest absolute Gasteiger partial charge is 0.504 e. The molecule has 1 aliphatic heterocycles. The number of rotatable bonds is 3. The lowest BCUT2D eigenvalue weighted by Gasteiger charge is -2.25. The molecule has 0 unspecified atom stereocenters. The van der Waals surface area contributed by atoms with E-state index in [0.717, 1.165) is 49.1 Å². The lowest BCUT2D eigenvalue weighted by atomic mass is 9.89. The van der Waals surface area contributed by atoms with Gasteiger partial charge in [-0.05, 0) is 54.3 Å². The van der Waals surface area contributed by atoms with Crippen LogP contribution in [0.5, 0.6) is 11.5 Å². The molecule has 2 N–H and O–H groups in total. The van der Waals surface area contributed by atoms with Crippen molar-refractivity contribution < 1.29 is 33.0 Å². The van der Waals surface area contributed by atoms with Crippen LogP contribution < -0.4 is 0 Å². The molecule has 2 aliphatic rings. The molecular formula is C18H18F3NO4S. The van der Waals surface area contributed by atoms with Crippen molar-refractivity contribution in [2.75, 3.05) is 6.54 Å². The smallest absolute Gasteiger partial charge is 0.420 e. The first-order valence-electron chi connectivity index (χ1n) is 8.55. The molecule has 3 rings (SSSR count). The molecule has 1 aliphatic carbocycles. The molecule has 0 spiro atoms. The van der Waals surface area contributed by atoms with Gasteiger partial charge >= 0.3 is 6.18 Å². The molecule has 1 heterocycles. The quantitative estimate of drug-likeness (QED) is 0.565. The first-order chi connectivity index (χ1) is 12.7. The number of nitrogens with zero attached hydrogens (tertiary/aromatic N) is 1. The summed E-state index contributed by atoms with van der Waals surface area (Å²) in [6, 6.07) is 1.55. The molecule has 0 aromatic heterocycles. The third kappa shape index (κ3) is 4.23. The number of carbonyl (C=O) groups excluding carboxylic acids is 2. The maximum atomic E-state index is 13.0. The topological polar surface area (TPSA) is 77.8 Å². The Morgan fingerprint density at radius 3 is 2.44 bits per heavy atom. The number of amides is 2. The molecule has 1 aromatic rings. The van der Waals surface area contributed by atoms with Crippen LogP contribution in [0.25, 0.3) is 6.08 Å². The summed E-state index contributed by atoms with van der Waals surface area (Å²) in [4.78, 5) is 25.8. The van der Waals surface area contributed by atoms with Gasteiger partial charge < -0.3 is 10.2 Å². The minimum atomic E-state index is -4.87. The van der Waals surface area contributed by atoms with Crippen LogP contribution in [0.2, 0.25) is 0 Å². The lowest BCUT2D eigenvalue weighted by molar-refractivity contribution is -0.139. The third-order valence-corrected chi connectivity index (χ3v) is 5.66. The second-order valence-electron chi connectivity index (χ2n) is 6.73. The zero-order valence-corrected chi connectivity index (χ0v) is 15.1. The lowest BCUT2D eigenvalue weighted by Crippen LogP contribution is -2.34. The highest BCUT2D eigenvalue weighted by Crippen LogP contribution is 2.42. The molecule has 5 nitrogen and oxygen atoms in total. The summed E-state index contributed by atoms with van der Waals surface area (Å²) in [5.74, 6) is -2.51. The van der Waals surface area contributed by atoms with Crippen molar-refractivity contribution in [3.05, 3.63) is 28.2 Å². The van der Waals surface area contributed by atoms with E-state index in [2.05, 4.69) is 0 Å². The van der Waals surface area contributed by atoms with Crippen molar-refractivity contribution in [1.82, 2.24) is 4.90 Å². The summed E-state index contributed by atoms with van der Waals surface area (Å²) < 4.78 is 38.9. The van der Waals surface area contributed by atoms with Crippen LogP contribution in [-0.4, -0.2) is 32.8 Å². The van der Waals surface area contributed by atoms with Gasteiger partial charge in [0.1, 0.15) is 5.56 Å².